The molecule has 1 saturated carbocycles. The number of esters is 1. The monoisotopic (exact) mass is 198 g/mol. The first-order chi connectivity index (χ1) is 6.29. The summed E-state index contributed by atoms with van der Waals surface area (Å²) in [5.41, 5.74) is -0.333. The van der Waals surface area contributed by atoms with Gasteiger partial charge in [-0.3, -0.25) is 4.79 Å². The fraction of sp³-hybridized carbons (Fsp3) is 0.917. The maximum atomic E-state index is 11.6. The standard InChI is InChI=1S/C12H22O2/c1-8(2)9-6-10(7-9)11(13)14-12(3,4)5/h8-10H,6-7H2,1-5H3. The molecule has 14 heavy (non-hydrogen) atoms. The maximum absolute atomic E-state index is 11.6. The number of carbonyl (C=O) groups is 1. The number of carbonyl (C=O) groups excluding carboxylic acids is 1. The van der Waals surface area contributed by atoms with Gasteiger partial charge in [0.05, 0.1) is 5.92 Å². The van der Waals surface area contributed by atoms with Crippen molar-refractivity contribution in [2.45, 2.75) is 53.1 Å². The fourth-order valence-corrected chi connectivity index (χ4v) is 1.78. The van der Waals surface area contributed by atoms with Gasteiger partial charge in [0.2, 0.25) is 0 Å². The molecule has 0 aromatic heterocycles. The number of hydrogen-bond acceptors (Lipinski definition) is 2. The van der Waals surface area contributed by atoms with Crippen LogP contribution in [0.3, 0.4) is 0 Å². The molecule has 1 aliphatic carbocycles. The minimum atomic E-state index is -0.333. The molecule has 82 valence electrons. The van der Waals surface area contributed by atoms with E-state index in [9.17, 15) is 4.79 Å². The Labute approximate surface area is 87.0 Å². The molecule has 0 atom stereocenters. The molecule has 0 heterocycles. The molecule has 1 fully saturated rings. The second-order valence-corrected chi connectivity index (χ2v) is 5.71. The van der Waals surface area contributed by atoms with Crippen LogP contribution in [-0.2, 0) is 9.53 Å². The van der Waals surface area contributed by atoms with E-state index >= 15 is 0 Å². The molecule has 2 nitrogen and oxygen atoms in total. The minimum Gasteiger partial charge on any atom is -0.460 e. The van der Waals surface area contributed by atoms with E-state index in [0.717, 1.165) is 18.8 Å². The zero-order valence-electron chi connectivity index (χ0n) is 9.96. The molecule has 0 spiro atoms. The van der Waals surface area contributed by atoms with Gasteiger partial charge in [-0.05, 0) is 45.4 Å². The summed E-state index contributed by atoms with van der Waals surface area (Å²) < 4.78 is 5.33. The van der Waals surface area contributed by atoms with Crippen molar-refractivity contribution in [3.8, 4) is 0 Å². The largest absolute Gasteiger partial charge is 0.460 e. The van der Waals surface area contributed by atoms with Crippen molar-refractivity contribution in [2.24, 2.45) is 17.8 Å². The van der Waals surface area contributed by atoms with Crippen LogP contribution in [0.1, 0.15) is 47.5 Å². The normalized spacial score (nSPS) is 27.3. The average Bonchev–Trinajstić information content (AvgIpc) is 1.75. The van der Waals surface area contributed by atoms with Gasteiger partial charge < -0.3 is 4.74 Å². The second kappa shape index (κ2) is 3.92. The molecular weight excluding hydrogens is 176 g/mol. The first-order valence-corrected chi connectivity index (χ1v) is 5.52. The van der Waals surface area contributed by atoms with E-state index in [4.69, 9.17) is 4.74 Å². The summed E-state index contributed by atoms with van der Waals surface area (Å²) in [4.78, 5) is 11.6. The molecule has 2 heteroatoms. The van der Waals surface area contributed by atoms with Crippen LogP contribution in [0.2, 0.25) is 0 Å². The summed E-state index contributed by atoms with van der Waals surface area (Å²) >= 11 is 0. The van der Waals surface area contributed by atoms with Crippen LogP contribution in [0, 0.1) is 17.8 Å². The maximum Gasteiger partial charge on any atom is 0.309 e. The van der Waals surface area contributed by atoms with Crippen LogP contribution in [0.15, 0.2) is 0 Å². The van der Waals surface area contributed by atoms with Crippen LogP contribution in [0.5, 0.6) is 0 Å². The van der Waals surface area contributed by atoms with E-state index in [1.165, 1.54) is 0 Å². The number of hydrogen-bond donors (Lipinski definition) is 0. The fourth-order valence-electron chi connectivity index (χ4n) is 1.78. The third-order valence-electron chi connectivity index (χ3n) is 2.86. The highest BCUT2D eigenvalue weighted by Gasteiger charge is 2.38. The molecule has 0 bridgehead atoms. The number of ether oxygens (including phenoxy) is 1. The van der Waals surface area contributed by atoms with E-state index < -0.39 is 0 Å². The van der Waals surface area contributed by atoms with Gasteiger partial charge in [-0.2, -0.15) is 0 Å². The Morgan fingerprint density at radius 1 is 1.29 bits per heavy atom. The van der Waals surface area contributed by atoms with Crippen molar-refractivity contribution < 1.29 is 9.53 Å². The Hall–Kier alpha value is -0.530. The van der Waals surface area contributed by atoms with E-state index in [1.54, 1.807) is 0 Å². The molecule has 1 aliphatic rings. The molecule has 1 rings (SSSR count). The minimum absolute atomic E-state index is 0.00519. The van der Waals surface area contributed by atoms with E-state index in [2.05, 4.69) is 13.8 Å². The van der Waals surface area contributed by atoms with Gasteiger partial charge in [0.15, 0.2) is 0 Å². The van der Waals surface area contributed by atoms with Crippen LogP contribution >= 0.6 is 0 Å². The molecular formula is C12H22O2. The van der Waals surface area contributed by atoms with Crippen molar-refractivity contribution >= 4 is 5.97 Å². The van der Waals surface area contributed by atoms with Crippen molar-refractivity contribution in [1.29, 1.82) is 0 Å². The highest BCUT2D eigenvalue weighted by Crippen LogP contribution is 2.39. The van der Waals surface area contributed by atoms with Crippen molar-refractivity contribution in [2.75, 3.05) is 0 Å². The molecule has 0 aliphatic heterocycles. The van der Waals surface area contributed by atoms with Crippen molar-refractivity contribution in [3.05, 3.63) is 0 Å². The molecule has 0 N–H and O–H groups in total. The quantitative estimate of drug-likeness (QED) is 0.637. The Morgan fingerprint density at radius 3 is 2.14 bits per heavy atom. The molecule has 0 aromatic carbocycles. The first kappa shape index (κ1) is 11.5. The van der Waals surface area contributed by atoms with Crippen molar-refractivity contribution in [3.63, 3.8) is 0 Å². The van der Waals surface area contributed by atoms with Crippen LogP contribution < -0.4 is 0 Å². The Morgan fingerprint density at radius 2 is 1.79 bits per heavy atom. The third-order valence-corrected chi connectivity index (χ3v) is 2.86. The highest BCUT2D eigenvalue weighted by molar-refractivity contribution is 5.73. The van der Waals surface area contributed by atoms with Gasteiger partial charge in [0.1, 0.15) is 5.60 Å². The van der Waals surface area contributed by atoms with Crippen LogP contribution in [-0.4, -0.2) is 11.6 Å². The van der Waals surface area contributed by atoms with Crippen LogP contribution in [0.4, 0.5) is 0 Å². The van der Waals surface area contributed by atoms with Gasteiger partial charge >= 0.3 is 5.97 Å². The first-order valence-electron chi connectivity index (χ1n) is 5.52. The SMILES string of the molecule is CC(C)C1CC(C(=O)OC(C)(C)C)C1. The Kier molecular flexibility index (Phi) is 3.23. The van der Waals surface area contributed by atoms with E-state index in [0.29, 0.717) is 5.92 Å². The van der Waals surface area contributed by atoms with Crippen LogP contribution in [0.25, 0.3) is 0 Å². The van der Waals surface area contributed by atoms with E-state index in [1.807, 2.05) is 20.8 Å². The topological polar surface area (TPSA) is 26.3 Å². The summed E-state index contributed by atoms with van der Waals surface area (Å²) in [7, 11) is 0. The molecule has 0 amide bonds. The summed E-state index contributed by atoms with van der Waals surface area (Å²) in [5.74, 6) is 1.59. The molecule has 0 saturated heterocycles. The highest BCUT2D eigenvalue weighted by atomic mass is 16.6. The van der Waals surface area contributed by atoms with Gasteiger partial charge in [-0.25, -0.2) is 0 Å². The summed E-state index contributed by atoms with van der Waals surface area (Å²) in [6.45, 7) is 10.2. The lowest BCUT2D eigenvalue weighted by Crippen LogP contribution is -2.37. The smallest absolute Gasteiger partial charge is 0.309 e. The molecule has 0 radical (unpaired) electrons. The zero-order chi connectivity index (χ0) is 10.9. The summed E-state index contributed by atoms with van der Waals surface area (Å²) in [5, 5.41) is 0. The van der Waals surface area contributed by atoms with Gasteiger partial charge in [0.25, 0.3) is 0 Å². The van der Waals surface area contributed by atoms with Crippen molar-refractivity contribution in [1.82, 2.24) is 0 Å². The summed E-state index contributed by atoms with van der Waals surface area (Å²) in [6.07, 6.45) is 2.04. The van der Waals surface area contributed by atoms with Gasteiger partial charge in [-0.1, -0.05) is 13.8 Å². The van der Waals surface area contributed by atoms with Gasteiger partial charge in [-0.15, -0.1) is 0 Å². The van der Waals surface area contributed by atoms with E-state index in [-0.39, 0.29) is 17.5 Å². The predicted molar refractivity (Wildman–Crippen MR) is 56.9 cm³/mol. The molecule has 0 unspecified atom stereocenters. The number of rotatable bonds is 2. The van der Waals surface area contributed by atoms with Gasteiger partial charge in [0, 0.05) is 0 Å². The Balaban J connectivity index is 2.30. The third kappa shape index (κ3) is 3.00. The lowest BCUT2D eigenvalue weighted by molar-refractivity contribution is -0.165. The predicted octanol–water partition coefficient (Wildman–Crippen LogP) is 3.01. The lowest BCUT2D eigenvalue weighted by atomic mass is 9.69. The second-order valence-electron chi connectivity index (χ2n) is 5.71. The summed E-state index contributed by atoms with van der Waals surface area (Å²) in [6, 6.07) is 0. The Bertz CT molecular complexity index is 207. The average molecular weight is 198 g/mol. The zero-order valence-corrected chi connectivity index (χ0v) is 9.96. The molecule has 0 aromatic rings. The lowest BCUT2D eigenvalue weighted by Gasteiger charge is -2.37.